The number of nitrogens with two attached hydrogens (primary N) is 1. The number of aromatic nitrogens is 2. The van der Waals surface area contributed by atoms with E-state index in [2.05, 4.69) is 17.1 Å². The third-order valence-corrected chi connectivity index (χ3v) is 1.30. The minimum absolute atomic E-state index is 0.0903. The van der Waals surface area contributed by atoms with Gasteiger partial charge in [0.05, 0.1) is 6.04 Å². The summed E-state index contributed by atoms with van der Waals surface area (Å²) in [4.78, 5) is 3.83. The average Bonchev–Trinajstić information content (AvgIpc) is 2.38. The van der Waals surface area contributed by atoms with Crippen LogP contribution in [0.15, 0.2) is 10.9 Å². The Balaban J connectivity index is 2.50. The van der Waals surface area contributed by atoms with E-state index in [1.54, 1.807) is 0 Å². The predicted octanol–water partition coefficient (Wildman–Crippen LogP) is 0.869. The molecule has 0 bridgehead atoms. The van der Waals surface area contributed by atoms with Gasteiger partial charge in [0.15, 0.2) is 6.33 Å². The zero-order valence-corrected chi connectivity index (χ0v) is 5.95. The largest absolute Gasteiger partial charge is 0.338 e. The maximum atomic E-state index is 5.65. The minimum Gasteiger partial charge on any atom is -0.338 e. The van der Waals surface area contributed by atoms with Gasteiger partial charge in [-0.15, -0.1) is 0 Å². The monoisotopic (exact) mass is 141 g/mol. The third-order valence-electron chi connectivity index (χ3n) is 1.30. The van der Waals surface area contributed by atoms with Crippen molar-refractivity contribution in [3.05, 3.63) is 12.2 Å². The summed E-state index contributed by atoms with van der Waals surface area (Å²) in [7, 11) is 0. The van der Waals surface area contributed by atoms with Gasteiger partial charge in [0, 0.05) is 0 Å². The Morgan fingerprint density at radius 2 is 2.60 bits per heavy atom. The van der Waals surface area contributed by atoms with Crippen molar-refractivity contribution in [1.82, 2.24) is 10.1 Å². The molecule has 0 aliphatic rings. The van der Waals surface area contributed by atoms with Crippen molar-refractivity contribution in [2.24, 2.45) is 5.73 Å². The predicted molar refractivity (Wildman–Crippen MR) is 36.1 cm³/mol. The highest BCUT2D eigenvalue weighted by Crippen LogP contribution is 2.10. The van der Waals surface area contributed by atoms with E-state index < -0.39 is 0 Å². The first-order chi connectivity index (χ1) is 4.84. The first-order valence-corrected chi connectivity index (χ1v) is 3.36. The summed E-state index contributed by atoms with van der Waals surface area (Å²) < 4.78 is 4.76. The van der Waals surface area contributed by atoms with Crippen LogP contribution < -0.4 is 5.73 Å². The molecule has 4 nitrogen and oxygen atoms in total. The number of hydrogen-bond acceptors (Lipinski definition) is 4. The number of hydrogen-bond donors (Lipinski definition) is 1. The molecule has 2 N–H and O–H groups in total. The molecule has 0 aromatic carbocycles. The Kier molecular flexibility index (Phi) is 2.39. The van der Waals surface area contributed by atoms with Crippen molar-refractivity contribution in [2.45, 2.75) is 25.8 Å². The zero-order chi connectivity index (χ0) is 7.40. The third kappa shape index (κ3) is 1.54. The topological polar surface area (TPSA) is 64.9 Å². The smallest absolute Gasteiger partial charge is 0.243 e. The molecule has 0 saturated carbocycles. The molecule has 1 heterocycles. The van der Waals surface area contributed by atoms with Crippen LogP contribution in [0, 0.1) is 0 Å². The van der Waals surface area contributed by atoms with Crippen LogP contribution in [0.1, 0.15) is 31.7 Å². The van der Waals surface area contributed by atoms with Gasteiger partial charge in [-0.1, -0.05) is 18.5 Å². The van der Waals surface area contributed by atoms with Crippen molar-refractivity contribution in [3.63, 3.8) is 0 Å². The molecular formula is C6H11N3O. The molecule has 56 valence electrons. The van der Waals surface area contributed by atoms with Crippen LogP contribution in [0.4, 0.5) is 0 Å². The van der Waals surface area contributed by atoms with Crippen LogP contribution in [0.2, 0.25) is 0 Å². The van der Waals surface area contributed by atoms with E-state index in [9.17, 15) is 0 Å². The Bertz CT molecular complexity index is 173. The maximum Gasteiger partial charge on any atom is 0.243 e. The average molecular weight is 141 g/mol. The standard InChI is InChI=1S/C6H11N3O/c1-2-3-5(7)6-8-4-9-10-6/h4-5H,2-3,7H2,1H3/t5-/m1/s1. The Morgan fingerprint density at radius 1 is 1.80 bits per heavy atom. The van der Waals surface area contributed by atoms with E-state index >= 15 is 0 Å². The highest BCUT2D eigenvalue weighted by atomic mass is 16.5. The fourth-order valence-corrected chi connectivity index (χ4v) is 0.780. The normalized spacial score (nSPS) is 13.4. The molecule has 1 rings (SSSR count). The highest BCUT2D eigenvalue weighted by molar-refractivity contribution is 4.83. The van der Waals surface area contributed by atoms with Gasteiger partial charge in [-0.2, -0.15) is 4.98 Å². The molecule has 1 aromatic heterocycles. The molecule has 0 amide bonds. The molecule has 0 aliphatic heterocycles. The molecule has 0 unspecified atom stereocenters. The minimum atomic E-state index is -0.0903. The highest BCUT2D eigenvalue weighted by Gasteiger charge is 2.08. The fraction of sp³-hybridized carbons (Fsp3) is 0.667. The SMILES string of the molecule is CCC[C@@H](N)c1ncno1. The van der Waals surface area contributed by atoms with Crippen molar-refractivity contribution in [2.75, 3.05) is 0 Å². The van der Waals surface area contributed by atoms with Gasteiger partial charge >= 0.3 is 0 Å². The quantitative estimate of drug-likeness (QED) is 0.678. The molecule has 0 saturated heterocycles. The van der Waals surface area contributed by atoms with Crippen molar-refractivity contribution < 1.29 is 4.52 Å². The van der Waals surface area contributed by atoms with Crippen molar-refractivity contribution in [1.29, 1.82) is 0 Å². The lowest BCUT2D eigenvalue weighted by molar-refractivity contribution is 0.347. The molecule has 10 heavy (non-hydrogen) atoms. The zero-order valence-electron chi connectivity index (χ0n) is 5.95. The lowest BCUT2D eigenvalue weighted by atomic mass is 10.2. The van der Waals surface area contributed by atoms with Crippen LogP contribution in [-0.4, -0.2) is 10.1 Å². The lowest BCUT2D eigenvalue weighted by Crippen LogP contribution is -2.09. The van der Waals surface area contributed by atoms with E-state index in [1.165, 1.54) is 6.33 Å². The van der Waals surface area contributed by atoms with Gasteiger partial charge in [0.2, 0.25) is 5.89 Å². The Hall–Kier alpha value is -0.900. The molecule has 1 atom stereocenters. The summed E-state index contributed by atoms with van der Waals surface area (Å²) in [6.45, 7) is 2.07. The summed E-state index contributed by atoms with van der Waals surface area (Å²) in [5.74, 6) is 0.529. The second kappa shape index (κ2) is 3.31. The van der Waals surface area contributed by atoms with E-state index in [4.69, 9.17) is 10.3 Å². The van der Waals surface area contributed by atoms with Crippen molar-refractivity contribution in [3.8, 4) is 0 Å². The number of rotatable bonds is 3. The first-order valence-electron chi connectivity index (χ1n) is 3.36. The van der Waals surface area contributed by atoms with Crippen LogP contribution in [0.5, 0.6) is 0 Å². The summed E-state index contributed by atoms with van der Waals surface area (Å²) in [6, 6.07) is -0.0903. The van der Waals surface area contributed by atoms with Crippen LogP contribution in [-0.2, 0) is 0 Å². The van der Waals surface area contributed by atoms with E-state index in [1.807, 2.05) is 0 Å². The van der Waals surface area contributed by atoms with Gasteiger partial charge < -0.3 is 10.3 Å². The number of nitrogens with zero attached hydrogens (tertiary/aromatic N) is 2. The maximum absolute atomic E-state index is 5.65. The van der Waals surface area contributed by atoms with Crippen LogP contribution in [0.3, 0.4) is 0 Å². The molecule has 1 aromatic rings. The summed E-state index contributed by atoms with van der Waals surface area (Å²) in [5.41, 5.74) is 5.65. The van der Waals surface area contributed by atoms with Crippen LogP contribution in [0.25, 0.3) is 0 Å². The lowest BCUT2D eigenvalue weighted by Gasteiger charge is -2.01. The summed E-state index contributed by atoms with van der Waals surface area (Å²) in [5, 5.41) is 3.46. The molecule has 4 heteroatoms. The van der Waals surface area contributed by atoms with Crippen LogP contribution >= 0.6 is 0 Å². The molecule has 0 aliphatic carbocycles. The van der Waals surface area contributed by atoms with Gasteiger partial charge in [-0.05, 0) is 6.42 Å². The second-order valence-electron chi connectivity index (χ2n) is 2.17. The molecule has 0 spiro atoms. The van der Waals surface area contributed by atoms with Gasteiger partial charge in [0.1, 0.15) is 0 Å². The molecule has 0 fully saturated rings. The second-order valence-corrected chi connectivity index (χ2v) is 2.17. The summed E-state index contributed by atoms with van der Waals surface area (Å²) >= 11 is 0. The fourth-order valence-electron chi connectivity index (χ4n) is 0.780. The Labute approximate surface area is 59.4 Å². The molecule has 0 radical (unpaired) electrons. The van der Waals surface area contributed by atoms with Crippen molar-refractivity contribution >= 4 is 0 Å². The molecular weight excluding hydrogens is 130 g/mol. The van der Waals surface area contributed by atoms with Gasteiger partial charge in [0.25, 0.3) is 0 Å². The van der Waals surface area contributed by atoms with E-state index in [-0.39, 0.29) is 6.04 Å². The Morgan fingerprint density at radius 3 is 3.10 bits per heavy atom. The van der Waals surface area contributed by atoms with Gasteiger partial charge in [-0.3, -0.25) is 0 Å². The van der Waals surface area contributed by atoms with Gasteiger partial charge in [-0.25, -0.2) is 0 Å². The first kappa shape index (κ1) is 7.21. The van der Waals surface area contributed by atoms with E-state index in [0.29, 0.717) is 5.89 Å². The summed E-state index contributed by atoms with van der Waals surface area (Å²) in [6.07, 6.45) is 3.29. The van der Waals surface area contributed by atoms with E-state index in [0.717, 1.165) is 12.8 Å².